The molecule has 1 aromatic rings. The van der Waals surface area contributed by atoms with Crippen molar-refractivity contribution in [2.45, 2.75) is 46.5 Å². The summed E-state index contributed by atoms with van der Waals surface area (Å²) in [7, 11) is 1.74. The molecule has 0 heterocycles. The molecule has 0 aromatic heterocycles. The Morgan fingerprint density at radius 2 is 1.72 bits per heavy atom. The maximum absolute atomic E-state index is 5.94. The molecule has 2 heteroatoms. The SMILES string of the molecule is COc1cc(C)c(C(CN)C(C)C)cc1C(C)C. The number of nitrogens with two attached hydrogens (primary N) is 1. The first-order valence-electron chi connectivity index (χ1n) is 6.80. The Kier molecular flexibility index (Phi) is 5.21. The van der Waals surface area contributed by atoms with E-state index in [1.165, 1.54) is 16.7 Å². The lowest BCUT2D eigenvalue weighted by molar-refractivity contribution is 0.406. The molecule has 1 rings (SSSR count). The molecule has 0 bridgehead atoms. The molecule has 2 N–H and O–H groups in total. The van der Waals surface area contributed by atoms with Crippen molar-refractivity contribution in [1.82, 2.24) is 0 Å². The summed E-state index contributed by atoms with van der Waals surface area (Å²) in [6, 6.07) is 4.44. The molecule has 0 saturated carbocycles. The van der Waals surface area contributed by atoms with Gasteiger partial charge in [0, 0.05) is 0 Å². The predicted octanol–water partition coefficient (Wildman–Crippen LogP) is 3.83. The van der Waals surface area contributed by atoms with E-state index in [4.69, 9.17) is 10.5 Å². The maximum atomic E-state index is 5.94. The second kappa shape index (κ2) is 6.24. The molecule has 0 amide bonds. The third-order valence-electron chi connectivity index (χ3n) is 3.70. The Morgan fingerprint density at radius 1 is 1.11 bits per heavy atom. The molecule has 102 valence electrons. The maximum Gasteiger partial charge on any atom is 0.122 e. The molecule has 0 aliphatic rings. The molecular weight excluding hydrogens is 222 g/mol. The summed E-state index contributed by atoms with van der Waals surface area (Å²) in [5, 5.41) is 0. The highest BCUT2D eigenvalue weighted by Gasteiger charge is 2.19. The van der Waals surface area contributed by atoms with Gasteiger partial charge >= 0.3 is 0 Å². The van der Waals surface area contributed by atoms with Crippen LogP contribution in [0.2, 0.25) is 0 Å². The van der Waals surface area contributed by atoms with Gasteiger partial charge in [0.15, 0.2) is 0 Å². The van der Waals surface area contributed by atoms with Crippen LogP contribution in [-0.4, -0.2) is 13.7 Å². The highest BCUT2D eigenvalue weighted by molar-refractivity contribution is 5.45. The molecule has 0 radical (unpaired) electrons. The van der Waals surface area contributed by atoms with Gasteiger partial charge in [-0.25, -0.2) is 0 Å². The van der Waals surface area contributed by atoms with E-state index in [2.05, 4.69) is 46.8 Å². The lowest BCUT2D eigenvalue weighted by Crippen LogP contribution is -2.19. The van der Waals surface area contributed by atoms with Crippen LogP contribution in [0.3, 0.4) is 0 Å². The zero-order valence-corrected chi connectivity index (χ0v) is 12.6. The molecular formula is C16H27NO. The fourth-order valence-electron chi connectivity index (χ4n) is 2.50. The zero-order valence-electron chi connectivity index (χ0n) is 12.6. The van der Waals surface area contributed by atoms with Crippen molar-refractivity contribution in [3.63, 3.8) is 0 Å². The average Bonchev–Trinajstić information content (AvgIpc) is 2.30. The topological polar surface area (TPSA) is 35.2 Å². The number of hydrogen-bond acceptors (Lipinski definition) is 2. The smallest absolute Gasteiger partial charge is 0.122 e. The number of methoxy groups -OCH3 is 1. The van der Waals surface area contributed by atoms with E-state index in [1.54, 1.807) is 7.11 Å². The molecule has 1 unspecified atom stereocenters. The highest BCUT2D eigenvalue weighted by Crippen LogP contribution is 2.34. The molecule has 0 saturated heterocycles. The van der Waals surface area contributed by atoms with Crippen molar-refractivity contribution in [3.05, 3.63) is 28.8 Å². The van der Waals surface area contributed by atoms with E-state index < -0.39 is 0 Å². The fourth-order valence-corrected chi connectivity index (χ4v) is 2.50. The lowest BCUT2D eigenvalue weighted by Gasteiger charge is -2.24. The minimum absolute atomic E-state index is 0.424. The number of hydrogen-bond donors (Lipinski definition) is 1. The van der Waals surface area contributed by atoms with Gasteiger partial charge < -0.3 is 10.5 Å². The minimum Gasteiger partial charge on any atom is -0.496 e. The zero-order chi connectivity index (χ0) is 13.9. The average molecular weight is 249 g/mol. The van der Waals surface area contributed by atoms with Gasteiger partial charge in [-0.2, -0.15) is 0 Å². The quantitative estimate of drug-likeness (QED) is 0.861. The first kappa shape index (κ1) is 15.0. The van der Waals surface area contributed by atoms with Crippen LogP contribution < -0.4 is 10.5 Å². The van der Waals surface area contributed by atoms with Gasteiger partial charge in [0.1, 0.15) is 5.75 Å². The first-order valence-corrected chi connectivity index (χ1v) is 6.80. The van der Waals surface area contributed by atoms with Gasteiger partial charge in [0.2, 0.25) is 0 Å². The Morgan fingerprint density at radius 3 is 2.11 bits per heavy atom. The summed E-state index contributed by atoms with van der Waals surface area (Å²) in [6.07, 6.45) is 0. The molecule has 0 aliphatic heterocycles. The number of benzene rings is 1. The summed E-state index contributed by atoms with van der Waals surface area (Å²) in [4.78, 5) is 0. The van der Waals surface area contributed by atoms with E-state index in [0.29, 0.717) is 24.3 Å². The van der Waals surface area contributed by atoms with Gasteiger partial charge in [0.05, 0.1) is 7.11 Å². The van der Waals surface area contributed by atoms with Crippen LogP contribution in [0.5, 0.6) is 5.75 Å². The summed E-state index contributed by atoms with van der Waals surface area (Å²) in [5.74, 6) is 2.44. The van der Waals surface area contributed by atoms with E-state index in [9.17, 15) is 0 Å². The Balaban J connectivity index is 3.32. The first-order chi connectivity index (χ1) is 8.42. The molecule has 18 heavy (non-hydrogen) atoms. The molecule has 0 spiro atoms. The van der Waals surface area contributed by atoms with Gasteiger partial charge in [-0.1, -0.05) is 33.8 Å². The van der Waals surface area contributed by atoms with Crippen molar-refractivity contribution < 1.29 is 4.74 Å². The lowest BCUT2D eigenvalue weighted by atomic mass is 9.83. The molecule has 0 fully saturated rings. The molecule has 1 atom stereocenters. The summed E-state index contributed by atoms with van der Waals surface area (Å²) in [5.41, 5.74) is 9.87. The largest absolute Gasteiger partial charge is 0.496 e. The van der Waals surface area contributed by atoms with Crippen LogP contribution in [-0.2, 0) is 0 Å². The van der Waals surface area contributed by atoms with E-state index >= 15 is 0 Å². The summed E-state index contributed by atoms with van der Waals surface area (Å²) < 4.78 is 5.49. The summed E-state index contributed by atoms with van der Waals surface area (Å²) >= 11 is 0. The number of rotatable bonds is 5. The monoisotopic (exact) mass is 249 g/mol. The van der Waals surface area contributed by atoms with E-state index in [-0.39, 0.29) is 0 Å². The molecule has 0 aliphatic carbocycles. The van der Waals surface area contributed by atoms with Gasteiger partial charge in [-0.05, 0) is 54.0 Å². The molecule has 1 aromatic carbocycles. The minimum atomic E-state index is 0.424. The van der Waals surface area contributed by atoms with E-state index in [0.717, 1.165) is 5.75 Å². The Hall–Kier alpha value is -1.02. The van der Waals surface area contributed by atoms with Crippen molar-refractivity contribution in [2.24, 2.45) is 11.7 Å². The van der Waals surface area contributed by atoms with Crippen molar-refractivity contribution >= 4 is 0 Å². The number of aryl methyl sites for hydroxylation is 1. The predicted molar refractivity (Wildman–Crippen MR) is 78.5 cm³/mol. The van der Waals surface area contributed by atoms with Crippen molar-refractivity contribution in [3.8, 4) is 5.75 Å². The van der Waals surface area contributed by atoms with Crippen LogP contribution in [0, 0.1) is 12.8 Å². The van der Waals surface area contributed by atoms with Gasteiger partial charge in [-0.15, -0.1) is 0 Å². The Bertz CT molecular complexity index is 396. The standard InChI is InChI=1S/C16H27NO/c1-10(2)13-8-14(15(9-17)11(3)4)12(5)7-16(13)18-6/h7-8,10-11,15H,9,17H2,1-6H3. The third-order valence-corrected chi connectivity index (χ3v) is 3.70. The van der Waals surface area contributed by atoms with Crippen molar-refractivity contribution in [2.75, 3.05) is 13.7 Å². The van der Waals surface area contributed by atoms with Crippen LogP contribution in [0.1, 0.15) is 56.2 Å². The van der Waals surface area contributed by atoms with Crippen LogP contribution in [0.15, 0.2) is 12.1 Å². The van der Waals surface area contributed by atoms with Crippen LogP contribution >= 0.6 is 0 Å². The van der Waals surface area contributed by atoms with Crippen molar-refractivity contribution in [1.29, 1.82) is 0 Å². The normalized spacial score (nSPS) is 13.2. The van der Waals surface area contributed by atoms with Crippen LogP contribution in [0.25, 0.3) is 0 Å². The molecule has 2 nitrogen and oxygen atoms in total. The third kappa shape index (κ3) is 3.05. The summed E-state index contributed by atoms with van der Waals surface area (Å²) in [6.45, 7) is 11.7. The van der Waals surface area contributed by atoms with Crippen LogP contribution in [0.4, 0.5) is 0 Å². The number of ether oxygens (including phenoxy) is 1. The van der Waals surface area contributed by atoms with Gasteiger partial charge in [-0.3, -0.25) is 0 Å². The second-order valence-corrected chi connectivity index (χ2v) is 5.69. The van der Waals surface area contributed by atoms with E-state index in [1.807, 2.05) is 0 Å². The fraction of sp³-hybridized carbons (Fsp3) is 0.625. The highest BCUT2D eigenvalue weighted by atomic mass is 16.5. The van der Waals surface area contributed by atoms with Gasteiger partial charge in [0.25, 0.3) is 0 Å². The second-order valence-electron chi connectivity index (χ2n) is 5.69. The Labute approximate surface area is 112 Å².